The first-order valence-corrected chi connectivity index (χ1v) is 21.3. The molecule has 0 aliphatic heterocycles. The van der Waals surface area contributed by atoms with Crippen molar-refractivity contribution in [2.45, 2.75) is 19.3 Å². The molecule has 0 saturated heterocycles. The van der Waals surface area contributed by atoms with Gasteiger partial charge in [-0.05, 0) is 68.8 Å². The molecule has 63 heavy (non-hydrogen) atoms. The maximum Gasteiger partial charge on any atom is 0.164 e. The number of aromatic nitrogens is 5. The SMILES string of the molecule is CC1(C)c2ccccc2-c2ccc(-c3nc(-c4ccccc4)nc(-c4cccc(-c5cccc(-c6cc(-c7ccc(-c8ccccc8)cc7)nc(-c7ccccc7)n6)c5)c4)n3)cc21. The standard InChI is InChI=1S/C58H41N5/c1-58(2)50-27-13-12-26-48(50)49-33-32-47(36-51(49)58)57-62-55(42-20-10-5-11-21-42)61-56(63-57)46-25-15-23-44(35-46)43-22-14-24-45(34-43)53-37-52(59-54(60-53)41-18-8-4-9-19-41)40-30-28-39(29-31-40)38-16-6-3-7-17-38/h3-37H,1-2H3. The van der Waals surface area contributed by atoms with Gasteiger partial charge in [0, 0.05) is 38.8 Å². The van der Waals surface area contributed by atoms with Crippen molar-refractivity contribution in [2.24, 2.45) is 0 Å². The molecule has 298 valence electrons. The Balaban J connectivity index is 0.974. The average molecular weight is 808 g/mol. The molecule has 1 aliphatic rings. The number of rotatable bonds is 8. The summed E-state index contributed by atoms with van der Waals surface area (Å²) in [6.45, 7) is 4.60. The Hall–Kier alpha value is -8.15. The normalized spacial score (nSPS) is 12.4. The summed E-state index contributed by atoms with van der Waals surface area (Å²) in [7, 11) is 0. The van der Waals surface area contributed by atoms with Crippen molar-refractivity contribution in [2.75, 3.05) is 0 Å². The Kier molecular flexibility index (Phi) is 9.43. The van der Waals surface area contributed by atoms with E-state index in [9.17, 15) is 0 Å². The predicted octanol–water partition coefficient (Wildman–Crippen LogP) is 14.3. The predicted molar refractivity (Wildman–Crippen MR) is 256 cm³/mol. The highest BCUT2D eigenvalue weighted by Gasteiger charge is 2.35. The van der Waals surface area contributed by atoms with Crippen LogP contribution in [0.4, 0.5) is 0 Å². The number of benzene rings is 8. The number of fused-ring (bicyclic) bond motifs is 3. The van der Waals surface area contributed by atoms with Crippen LogP contribution in [-0.2, 0) is 5.41 Å². The average Bonchev–Trinajstić information content (AvgIpc) is 3.59. The van der Waals surface area contributed by atoms with Gasteiger partial charge >= 0.3 is 0 Å². The summed E-state index contributed by atoms with van der Waals surface area (Å²) in [5, 5.41) is 0. The molecule has 0 N–H and O–H groups in total. The second-order valence-corrected chi connectivity index (χ2v) is 16.5. The van der Waals surface area contributed by atoms with Crippen LogP contribution in [0.5, 0.6) is 0 Å². The Morgan fingerprint density at radius 2 is 0.651 bits per heavy atom. The van der Waals surface area contributed by atoms with Crippen LogP contribution in [0.15, 0.2) is 212 Å². The van der Waals surface area contributed by atoms with Crippen molar-refractivity contribution in [1.29, 1.82) is 0 Å². The number of hydrogen-bond acceptors (Lipinski definition) is 5. The van der Waals surface area contributed by atoms with Crippen molar-refractivity contribution in [3.05, 3.63) is 223 Å². The van der Waals surface area contributed by atoms with E-state index in [0.717, 1.165) is 61.5 Å². The summed E-state index contributed by atoms with van der Waals surface area (Å²) in [6, 6.07) is 73.8. The highest BCUT2D eigenvalue weighted by atomic mass is 15.0. The molecule has 0 unspecified atom stereocenters. The van der Waals surface area contributed by atoms with Crippen LogP contribution in [0.25, 0.3) is 101 Å². The lowest BCUT2D eigenvalue weighted by Crippen LogP contribution is -2.15. The van der Waals surface area contributed by atoms with E-state index in [-0.39, 0.29) is 5.41 Å². The van der Waals surface area contributed by atoms with Crippen molar-refractivity contribution < 1.29 is 0 Å². The summed E-state index contributed by atoms with van der Waals surface area (Å²) < 4.78 is 0. The fraction of sp³-hybridized carbons (Fsp3) is 0.0517. The zero-order valence-corrected chi connectivity index (χ0v) is 34.9. The van der Waals surface area contributed by atoms with E-state index in [4.69, 9.17) is 24.9 Å². The number of hydrogen-bond donors (Lipinski definition) is 0. The third-order valence-electron chi connectivity index (χ3n) is 12.2. The molecule has 0 amide bonds. The van der Waals surface area contributed by atoms with Crippen LogP contribution < -0.4 is 0 Å². The van der Waals surface area contributed by atoms with Gasteiger partial charge in [0.1, 0.15) is 0 Å². The van der Waals surface area contributed by atoms with Crippen LogP contribution in [0.2, 0.25) is 0 Å². The van der Waals surface area contributed by atoms with E-state index < -0.39 is 0 Å². The zero-order valence-electron chi connectivity index (χ0n) is 34.9. The minimum absolute atomic E-state index is 0.145. The zero-order chi connectivity index (χ0) is 42.3. The molecule has 1 aliphatic carbocycles. The first kappa shape index (κ1) is 37.8. The first-order chi connectivity index (χ1) is 30.9. The molecule has 0 fully saturated rings. The van der Waals surface area contributed by atoms with Gasteiger partial charge in [-0.3, -0.25) is 0 Å². The number of nitrogens with zero attached hydrogens (tertiary/aromatic N) is 5. The van der Waals surface area contributed by atoms with Gasteiger partial charge in [-0.1, -0.05) is 202 Å². The van der Waals surface area contributed by atoms with Gasteiger partial charge in [0.05, 0.1) is 11.4 Å². The first-order valence-electron chi connectivity index (χ1n) is 21.3. The molecule has 11 rings (SSSR count). The quantitative estimate of drug-likeness (QED) is 0.153. The van der Waals surface area contributed by atoms with Gasteiger partial charge in [0.15, 0.2) is 23.3 Å². The van der Waals surface area contributed by atoms with Crippen LogP contribution in [0.1, 0.15) is 25.0 Å². The molecule has 0 atom stereocenters. The van der Waals surface area contributed by atoms with E-state index in [1.54, 1.807) is 0 Å². The molecule has 2 aromatic heterocycles. The Bertz CT molecular complexity index is 3290. The van der Waals surface area contributed by atoms with Gasteiger partial charge < -0.3 is 0 Å². The second kappa shape index (κ2) is 15.7. The highest BCUT2D eigenvalue weighted by Crippen LogP contribution is 2.49. The summed E-state index contributed by atoms with van der Waals surface area (Å²) >= 11 is 0. The Labute approximate surface area is 367 Å². The molecule has 10 aromatic rings. The summed E-state index contributed by atoms with van der Waals surface area (Å²) in [5.41, 5.74) is 17.0. The van der Waals surface area contributed by atoms with E-state index in [1.807, 2.05) is 42.5 Å². The topological polar surface area (TPSA) is 64.5 Å². The van der Waals surface area contributed by atoms with Crippen LogP contribution in [0.3, 0.4) is 0 Å². The van der Waals surface area contributed by atoms with Gasteiger partial charge in [-0.25, -0.2) is 24.9 Å². The monoisotopic (exact) mass is 807 g/mol. The third-order valence-corrected chi connectivity index (χ3v) is 12.2. The van der Waals surface area contributed by atoms with E-state index in [2.05, 4.69) is 184 Å². The van der Waals surface area contributed by atoms with Crippen molar-refractivity contribution in [3.8, 4) is 101 Å². The highest BCUT2D eigenvalue weighted by molar-refractivity contribution is 5.84. The molecule has 0 bridgehead atoms. The van der Waals surface area contributed by atoms with E-state index >= 15 is 0 Å². The molecule has 0 saturated carbocycles. The summed E-state index contributed by atoms with van der Waals surface area (Å²) in [4.78, 5) is 25.6. The largest absolute Gasteiger partial charge is 0.228 e. The molecular formula is C58H41N5. The third kappa shape index (κ3) is 7.19. The molecule has 8 aromatic carbocycles. The maximum absolute atomic E-state index is 5.18. The smallest absolute Gasteiger partial charge is 0.164 e. The lowest BCUT2D eigenvalue weighted by atomic mass is 9.82. The fourth-order valence-corrected chi connectivity index (χ4v) is 8.81. The lowest BCUT2D eigenvalue weighted by Gasteiger charge is -2.21. The minimum atomic E-state index is -0.145. The van der Waals surface area contributed by atoms with E-state index in [0.29, 0.717) is 23.3 Å². The molecule has 0 spiro atoms. The summed E-state index contributed by atoms with van der Waals surface area (Å²) in [6.07, 6.45) is 0. The van der Waals surface area contributed by atoms with Crippen molar-refractivity contribution in [3.63, 3.8) is 0 Å². The lowest BCUT2D eigenvalue weighted by molar-refractivity contribution is 0.660. The second-order valence-electron chi connectivity index (χ2n) is 16.5. The fourth-order valence-electron chi connectivity index (χ4n) is 8.81. The van der Waals surface area contributed by atoms with Crippen molar-refractivity contribution >= 4 is 0 Å². The van der Waals surface area contributed by atoms with Crippen LogP contribution in [0, 0.1) is 0 Å². The summed E-state index contributed by atoms with van der Waals surface area (Å²) in [5.74, 6) is 2.57. The molecule has 2 heterocycles. The van der Waals surface area contributed by atoms with Gasteiger partial charge in [0.2, 0.25) is 0 Å². The van der Waals surface area contributed by atoms with E-state index in [1.165, 1.54) is 27.8 Å². The van der Waals surface area contributed by atoms with Gasteiger partial charge in [0.25, 0.3) is 0 Å². The maximum atomic E-state index is 5.18. The molecular weight excluding hydrogens is 767 g/mol. The minimum Gasteiger partial charge on any atom is -0.228 e. The van der Waals surface area contributed by atoms with Gasteiger partial charge in [-0.15, -0.1) is 0 Å². The van der Waals surface area contributed by atoms with Crippen LogP contribution >= 0.6 is 0 Å². The molecule has 5 nitrogen and oxygen atoms in total. The molecule has 5 heteroatoms. The van der Waals surface area contributed by atoms with Crippen molar-refractivity contribution in [1.82, 2.24) is 24.9 Å². The Morgan fingerprint density at radius 3 is 1.29 bits per heavy atom. The van der Waals surface area contributed by atoms with Crippen LogP contribution in [-0.4, -0.2) is 24.9 Å². The Morgan fingerprint density at radius 1 is 0.254 bits per heavy atom. The van der Waals surface area contributed by atoms with Gasteiger partial charge in [-0.2, -0.15) is 0 Å². The molecule has 0 radical (unpaired) electrons.